The Labute approximate surface area is 219 Å². The number of carbonyl (C=O) groups is 4. The van der Waals surface area contributed by atoms with Crippen LogP contribution in [0.3, 0.4) is 0 Å². The van der Waals surface area contributed by atoms with Crippen molar-refractivity contribution in [3.05, 3.63) is 76.6 Å². The zero-order valence-electron chi connectivity index (χ0n) is 21.4. The molecule has 0 spiro atoms. The zero-order valence-corrected chi connectivity index (χ0v) is 21.4. The van der Waals surface area contributed by atoms with Crippen LogP contribution in [-0.4, -0.2) is 46.7 Å². The monoisotopic (exact) mass is 517 g/mol. The molecule has 4 amide bonds. The number of aromatic carboxylic acids is 1. The minimum absolute atomic E-state index is 0.106. The maximum absolute atomic E-state index is 13.6. The molecule has 1 fully saturated rings. The number of benzene rings is 2. The van der Waals surface area contributed by atoms with Crippen molar-refractivity contribution < 1.29 is 33.8 Å². The number of aryl methyl sites for hydroxylation is 1. The third-order valence-corrected chi connectivity index (χ3v) is 6.03. The van der Waals surface area contributed by atoms with E-state index >= 15 is 0 Å². The summed E-state index contributed by atoms with van der Waals surface area (Å²) in [6.07, 6.45) is 1.39. The van der Waals surface area contributed by atoms with Gasteiger partial charge in [-0.05, 0) is 69.7 Å². The summed E-state index contributed by atoms with van der Waals surface area (Å²) in [6, 6.07) is 12.1. The van der Waals surface area contributed by atoms with Crippen LogP contribution in [0.25, 0.3) is 11.8 Å². The average Bonchev–Trinajstić information content (AvgIpc) is 3.15. The lowest BCUT2D eigenvalue weighted by molar-refractivity contribution is -0.122. The van der Waals surface area contributed by atoms with Crippen LogP contribution < -0.4 is 19.7 Å². The number of anilines is 1. The Bertz CT molecular complexity index is 1490. The van der Waals surface area contributed by atoms with Crippen LogP contribution >= 0.6 is 0 Å². The number of imide groups is 2. The van der Waals surface area contributed by atoms with Gasteiger partial charge in [0.2, 0.25) is 0 Å². The van der Waals surface area contributed by atoms with E-state index < -0.39 is 23.8 Å². The number of para-hydroxylation sites is 1. The largest absolute Gasteiger partial charge is 0.494 e. The number of rotatable bonds is 8. The highest BCUT2D eigenvalue weighted by molar-refractivity contribution is 6.39. The number of ether oxygens (including phenoxy) is 2. The molecule has 0 radical (unpaired) electrons. The molecule has 1 aliphatic rings. The highest BCUT2D eigenvalue weighted by atomic mass is 16.5. The van der Waals surface area contributed by atoms with Crippen molar-refractivity contribution in [2.45, 2.75) is 27.7 Å². The molecule has 38 heavy (non-hydrogen) atoms. The lowest BCUT2D eigenvalue weighted by atomic mass is 10.1. The fourth-order valence-electron chi connectivity index (χ4n) is 4.39. The van der Waals surface area contributed by atoms with Crippen molar-refractivity contribution in [1.82, 2.24) is 9.88 Å². The van der Waals surface area contributed by atoms with E-state index in [9.17, 15) is 24.3 Å². The van der Waals surface area contributed by atoms with E-state index in [4.69, 9.17) is 9.47 Å². The second-order valence-corrected chi connectivity index (χ2v) is 8.44. The lowest BCUT2D eigenvalue weighted by Gasteiger charge is -2.28. The van der Waals surface area contributed by atoms with E-state index in [1.165, 1.54) is 18.2 Å². The number of nitrogens with one attached hydrogen (secondary N) is 1. The third kappa shape index (κ3) is 4.75. The Kier molecular flexibility index (Phi) is 7.33. The van der Waals surface area contributed by atoms with Gasteiger partial charge < -0.3 is 19.1 Å². The summed E-state index contributed by atoms with van der Waals surface area (Å²) >= 11 is 0. The van der Waals surface area contributed by atoms with Crippen LogP contribution in [0.4, 0.5) is 10.5 Å². The Morgan fingerprint density at radius 3 is 2.37 bits per heavy atom. The molecule has 1 saturated heterocycles. The number of hydrogen-bond acceptors (Lipinski definition) is 6. The van der Waals surface area contributed by atoms with Crippen LogP contribution in [0.5, 0.6) is 11.5 Å². The van der Waals surface area contributed by atoms with Crippen LogP contribution in [0, 0.1) is 13.8 Å². The minimum Gasteiger partial charge on any atom is -0.494 e. The van der Waals surface area contributed by atoms with Crippen LogP contribution in [0.15, 0.2) is 54.1 Å². The second-order valence-electron chi connectivity index (χ2n) is 8.44. The molecular weight excluding hydrogens is 490 g/mol. The first kappa shape index (κ1) is 26.2. The van der Waals surface area contributed by atoms with Gasteiger partial charge in [0.05, 0.1) is 30.2 Å². The first-order valence-corrected chi connectivity index (χ1v) is 12.0. The maximum atomic E-state index is 13.6. The molecule has 0 unspecified atom stereocenters. The van der Waals surface area contributed by atoms with Gasteiger partial charge in [0, 0.05) is 17.5 Å². The maximum Gasteiger partial charge on any atom is 0.337 e. The summed E-state index contributed by atoms with van der Waals surface area (Å²) in [7, 11) is 0. The molecule has 1 aliphatic heterocycles. The zero-order chi connectivity index (χ0) is 27.6. The number of urea groups is 1. The van der Waals surface area contributed by atoms with Crippen molar-refractivity contribution in [3.63, 3.8) is 0 Å². The Balaban J connectivity index is 1.81. The smallest absolute Gasteiger partial charge is 0.337 e. The number of carboxylic acid groups (broad SMARTS) is 1. The number of nitrogens with zero attached hydrogens (tertiary/aromatic N) is 2. The first-order chi connectivity index (χ1) is 18.2. The van der Waals surface area contributed by atoms with Crippen LogP contribution in [-0.2, 0) is 9.59 Å². The van der Waals surface area contributed by atoms with Crippen molar-refractivity contribution in [2.75, 3.05) is 18.1 Å². The summed E-state index contributed by atoms with van der Waals surface area (Å²) in [4.78, 5) is 51.9. The molecule has 10 heteroatoms. The van der Waals surface area contributed by atoms with Gasteiger partial charge in [-0.3, -0.25) is 14.9 Å². The van der Waals surface area contributed by atoms with Crippen molar-refractivity contribution in [1.29, 1.82) is 0 Å². The topological polar surface area (TPSA) is 127 Å². The average molecular weight is 518 g/mol. The van der Waals surface area contributed by atoms with Crippen molar-refractivity contribution in [2.24, 2.45) is 0 Å². The summed E-state index contributed by atoms with van der Waals surface area (Å²) in [5, 5.41) is 11.9. The van der Waals surface area contributed by atoms with Gasteiger partial charge >= 0.3 is 12.0 Å². The highest BCUT2D eigenvalue weighted by Gasteiger charge is 2.38. The van der Waals surface area contributed by atoms with Crippen LogP contribution in [0.1, 0.15) is 41.2 Å². The fourth-order valence-corrected chi connectivity index (χ4v) is 4.39. The number of aromatic nitrogens is 1. The lowest BCUT2D eigenvalue weighted by Crippen LogP contribution is -2.54. The third-order valence-electron chi connectivity index (χ3n) is 6.03. The molecule has 0 aliphatic carbocycles. The van der Waals surface area contributed by atoms with Gasteiger partial charge in [-0.15, -0.1) is 0 Å². The molecule has 10 nitrogen and oxygen atoms in total. The fraction of sp³-hybridized carbons (Fsp3) is 0.214. The van der Waals surface area contributed by atoms with Crippen LogP contribution in [0.2, 0.25) is 0 Å². The quantitative estimate of drug-likeness (QED) is 0.338. The van der Waals surface area contributed by atoms with Gasteiger partial charge in [0.1, 0.15) is 17.1 Å². The van der Waals surface area contributed by atoms with Gasteiger partial charge in [-0.1, -0.05) is 12.1 Å². The molecule has 2 heterocycles. The Morgan fingerprint density at radius 1 is 0.974 bits per heavy atom. The highest BCUT2D eigenvalue weighted by Crippen LogP contribution is 2.35. The molecule has 1 aromatic heterocycles. The van der Waals surface area contributed by atoms with E-state index in [1.807, 2.05) is 0 Å². The molecule has 0 saturated carbocycles. The summed E-state index contributed by atoms with van der Waals surface area (Å²) in [6.45, 7) is 7.78. The summed E-state index contributed by atoms with van der Waals surface area (Å²) < 4.78 is 12.9. The Hall–Kier alpha value is -4.86. The van der Waals surface area contributed by atoms with Crippen molar-refractivity contribution in [3.8, 4) is 17.2 Å². The van der Waals surface area contributed by atoms with Gasteiger partial charge in [-0.2, -0.15) is 0 Å². The van der Waals surface area contributed by atoms with Gasteiger partial charge in [-0.25, -0.2) is 14.5 Å². The van der Waals surface area contributed by atoms with Gasteiger partial charge in [0.15, 0.2) is 0 Å². The number of hydrogen-bond donors (Lipinski definition) is 2. The molecule has 3 aromatic rings. The summed E-state index contributed by atoms with van der Waals surface area (Å²) in [5.74, 6) is -2.05. The van der Waals surface area contributed by atoms with Crippen molar-refractivity contribution >= 4 is 35.6 Å². The predicted molar refractivity (Wildman–Crippen MR) is 140 cm³/mol. The predicted octanol–water partition coefficient (Wildman–Crippen LogP) is 4.26. The van der Waals surface area contributed by atoms with Gasteiger partial charge in [0.25, 0.3) is 11.8 Å². The first-order valence-electron chi connectivity index (χ1n) is 12.0. The van der Waals surface area contributed by atoms with E-state index in [1.54, 1.807) is 68.7 Å². The molecule has 0 atom stereocenters. The molecule has 196 valence electrons. The molecule has 0 bridgehead atoms. The van der Waals surface area contributed by atoms with E-state index in [-0.39, 0.29) is 29.2 Å². The van der Waals surface area contributed by atoms with E-state index in [0.717, 1.165) is 4.90 Å². The normalized spacial score (nSPS) is 14.6. The van der Waals surface area contributed by atoms with E-state index in [0.29, 0.717) is 35.0 Å². The Morgan fingerprint density at radius 2 is 1.68 bits per heavy atom. The molecular formula is C28H27N3O7. The molecule has 2 N–H and O–H groups in total. The SMILES string of the molecule is CCOc1ccc(OCC)c(N2C(=O)NC(=O)/C(=C\c3cc(C)n(-c4ccccc4C(=O)O)c3C)C2=O)c1. The number of barbiturate groups is 1. The number of carboxylic acids is 1. The second kappa shape index (κ2) is 10.6. The molecule has 2 aromatic carbocycles. The number of amides is 4. The van der Waals surface area contributed by atoms with E-state index in [2.05, 4.69) is 5.32 Å². The minimum atomic E-state index is -1.08. The summed E-state index contributed by atoms with van der Waals surface area (Å²) in [5.41, 5.74) is 2.26. The molecule has 4 rings (SSSR count). The standard InChI is InChI=1S/C28H27N3O7/c1-5-37-19-11-12-24(38-6-2)23(15-19)31-26(33)21(25(32)29-28(31)36)14-18-13-16(3)30(17(18)4)22-10-8-7-9-20(22)27(34)35/h7-15H,5-6H2,1-4H3,(H,34,35)(H,29,32,36)/b21-14+. The number of carbonyl (C=O) groups excluding carboxylic acids is 3.